The standard InChI is InChI=1S/C13H15ClN4O2/c14-11-3-1-10(2-4-11)12(7-19)17-13(20)5-6-18-9-15-8-16-18/h1-4,8-9,12,19H,5-7H2,(H,17,20). The number of aliphatic hydroxyl groups is 1. The first kappa shape index (κ1) is 14.5. The Kier molecular flexibility index (Phi) is 5.09. The molecule has 2 N–H and O–H groups in total. The molecule has 0 radical (unpaired) electrons. The second-order valence-electron chi connectivity index (χ2n) is 4.26. The summed E-state index contributed by atoms with van der Waals surface area (Å²) in [7, 11) is 0. The van der Waals surface area contributed by atoms with Gasteiger partial charge in [0.1, 0.15) is 12.7 Å². The molecule has 1 atom stereocenters. The number of nitrogens with zero attached hydrogens (tertiary/aromatic N) is 3. The van der Waals surface area contributed by atoms with Gasteiger partial charge in [-0.15, -0.1) is 0 Å². The molecule has 106 valence electrons. The van der Waals surface area contributed by atoms with E-state index in [1.807, 2.05) is 0 Å². The predicted molar refractivity (Wildman–Crippen MR) is 74.1 cm³/mol. The van der Waals surface area contributed by atoms with Crippen molar-refractivity contribution < 1.29 is 9.90 Å². The maximum Gasteiger partial charge on any atom is 0.222 e. The Balaban J connectivity index is 1.89. The van der Waals surface area contributed by atoms with Crippen molar-refractivity contribution >= 4 is 17.5 Å². The first-order chi connectivity index (χ1) is 9.69. The lowest BCUT2D eigenvalue weighted by molar-refractivity contribution is -0.122. The molecule has 0 saturated carbocycles. The fraction of sp³-hybridized carbons (Fsp3) is 0.308. The average molecular weight is 295 g/mol. The van der Waals surface area contributed by atoms with Crippen LogP contribution in [0.25, 0.3) is 0 Å². The number of carbonyl (C=O) groups excluding carboxylic acids is 1. The van der Waals surface area contributed by atoms with Crippen molar-refractivity contribution in [3.05, 3.63) is 47.5 Å². The summed E-state index contributed by atoms with van der Waals surface area (Å²) in [6, 6.07) is 6.57. The van der Waals surface area contributed by atoms with Crippen LogP contribution in [0.3, 0.4) is 0 Å². The molecule has 7 heteroatoms. The molecule has 0 spiro atoms. The van der Waals surface area contributed by atoms with E-state index < -0.39 is 6.04 Å². The van der Waals surface area contributed by atoms with E-state index in [0.717, 1.165) is 5.56 Å². The van der Waals surface area contributed by atoms with Gasteiger partial charge in [-0.05, 0) is 17.7 Å². The Bertz CT molecular complexity index is 542. The summed E-state index contributed by atoms with van der Waals surface area (Å²) in [5, 5.41) is 16.7. The Hall–Kier alpha value is -1.92. The highest BCUT2D eigenvalue weighted by Gasteiger charge is 2.13. The van der Waals surface area contributed by atoms with Crippen molar-refractivity contribution in [2.45, 2.75) is 19.0 Å². The summed E-state index contributed by atoms with van der Waals surface area (Å²) in [6.45, 7) is 0.279. The van der Waals surface area contributed by atoms with Gasteiger partial charge >= 0.3 is 0 Å². The number of nitrogens with one attached hydrogen (secondary N) is 1. The Labute approximate surface area is 121 Å². The molecule has 0 bridgehead atoms. The number of rotatable bonds is 6. The molecule has 6 nitrogen and oxygen atoms in total. The van der Waals surface area contributed by atoms with Gasteiger partial charge < -0.3 is 10.4 Å². The number of carbonyl (C=O) groups is 1. The van der Waals surface area contributed by atoms with Crippen molar-refractivity contribution in [2.75, 3.05) is 6.61 Å². The molecule has 0 aliphatic carbocycles. The molecule has 1 aromatic heterocycles. The summed E-state index contributed by atoms with van der Waals surface area (Å²) in [6.07, 6.45) is 3.24. The van der Waals surface area contributed by atoms with E-state index in [2.05, 4.69) is 15.4 Å². The number of halogens is 1. The van der Waals surface area contributed by atoms with Gasteiger partial charge in [-0.3, -0.25) is 9.48 Å². The molecule has 1 heterocycles. The van der Waals surface area contributed by atoms with Crippen molar-refractivity contribution in [1.82, 2.24) is 20.1 Å². The zero-order valence-corrected chi connectivity index (χ0v) is 11.5. The van der Waals surface area contributed by atoms with Crippen LogP contribution >= 0.6 is 11.6 Å². The van der Waals surface area contributed by atoms with E-state index in [1.165, 1.54) is 6.33 Å². The van der Waals surface area contributed by atoms with Gasteiger partial charge in [0.15, 0.2) is 0 Å². The normalized spacial score (nSPS) is 12.1. The van der Waals surface area contributed by atoms with E-state index in [0.29, 0.717) is 11.6 Å². The molecule has 1 aromatic carbocycles. The first-order valence-electron chi connectivity index (χ1n) is 6.17. The first-order valence-corrected chi connectivity index (χ1v) is 6.55. The molecule has 20 heavy (non-hydrogen) atoms. The van der Waals surface area contributed by atoms with E-state index in [9.17, 15) is 9.90 Å². The number of aryl methyl sites for hydroxylation is 1. The topological polar surface area (TPSA) is 80.0 Å². The van der Waals surface area contributed by atoms with Gasteiger partial charge in [-0.2, -0.15) is 5.10 Å². The third-order valence-electron chi connectivity index (χ3n) is 2.82. The Morgan fingerprint density at radius 2 is 2.15 bits per heavy atom. The van der Waals surface area contributed by atoms with Gasteiger partial charge in [0.05, 0.1) is 19.2 Å². The van der Waals surface area contributed by atoms with Crippen LogP contribution in [0.4, 0.5) is 0 Å². The number of aromatic nitrogens is 3. The van der Waals surface area contributed by atoms with Gasteiger partial charge in [0, 0.05) is 11.4 Å². The predicted octanol–water partition coefficient (Wildman–Crippen LogP) is 1.17. The second kappa shape index (κ2) is 7.02. The quantitative estimate of drug-likeness (QED) is 0.838. The Morgan fingerprint density at radius 1 is 1.40 bits per heavy atom. The van der Waals surface area contributed by atoms with Gasteiger partial charge in [-0.25, -0.2) is 4.98 Å². The molecule has 1 unspecified atom stereocenters. The summed E-state index contributed by atoms with van der Waals surface area (Å²) in [4.78, 5) is 15.6. The van der Waals surface area contributed by atoms with Crippen LogP contribution in [-0.2, 0) is 11.3 Å². The summed E-state index contributed by atoms with van der Waals surface area (Å²) in [5.74, 6) is -0.158. The van der Waals surface area contributed by atoms with E-state index in [4.69, 9.17) is 11.6 Å². The maximum atomic E-state index is 11.8. The number of benzene rings is 1. The van der Waals surface area contributed by atoms with Crippen LogP contribution in [0.5, 0.6) is 0 Å². The van der Waals surface area contributed by atoms with Crippen LogP contribution in [0.15, 0.2) is 36.9 Å². The van der Waals surface area contributed by atoms with Gasteiger partial charge in [0.25, 0.3) is 0 Å². The number of hydrogen-bond acceptors (Lipinski definition) is 4. The van der Waals surface area contributed by atoms with Gasteiger partial charge in [0.2, 0.25) is 5.91 Å². The molecular formula is C13H15ClN4O2. The highest BCUT2D eigenvalue weighted by molar-refractivity contribution is 6.30. The highest BCUT2D eigenvalue weighted by Crippen LogP contribution is 2.16. The lowest BCUT2D eigenvalue weighted by Gasteiger charge is -2.16. The third-order valence-corrected chi connectivity index (χ3v) is 3.08. The number of amides is 1. The van der Waals surface area contributed by atoms with E-state index in [1.54, 1.807) is 35.3 Å². The molecule has 1 amide bonds. The van der Waals surface area contributed by atoms with Crippen LogP contribution < -0.4 is 5.32 Å². The molecule has 2 aromatic rings. The lowest BCUT2D eigenvalue weighted by Crippen LogP contribution is -2.31. The summed E-state index contributed by atoms with van der Waals surface area (Å²) >= 11 is 5.81. The molecule has 0 aliphatic heterocycles. The van der Waals surface area contributed by atoms with E-state index in [-0.39, 0.29) is 18.9 Å². The van der Waals surface area contributed by atoms with Crippen molar-refractivity contribution in [1.29, 1.82) is 0 Å². The van der Waals surface area contributed by atoms with Crippen molar-refractivity contribution in [2.24, 2.45) is 0 Å². The third kappa shape index (κ3) is 4.04. The largest absolute Gasteiger partial charge is 0.394 e. The minimum Gasteiger partial charge on any atom is -0.394 e. The lowest BCUT2D eigenvalue weighted by atomic mass is 10.1. The fourth-order valence-electron chi connectivity index (χ4n) is 1.76. The van der Waals surface area contributed by atoms with Crippen molar-refractivity contribution in [3.8, 4) is 0 Å². The molecular weight excluding hydrogens is 280 g/mol. The molecule has 0 fully saturated rings. The van der Waals surface area contributed by atoms with Crippen LogP contribution in [0.2, 0.25) is 5.02 Å². The Morgan fingerprint density at radius 3 is 2.75 bits per heavy atom. The highest BCUT2D eigenvalue weighted by atomic mass is 35.5. The van der Waals surface area contributed by atoms with Crippen LogP contribution in [-0.4, -0.2) is 32.4 Å². The van der Waals surface area contributed by atoms with Gasteiger partial charge in [-0.1, -0.05) is 23.7 Å². The average Bonchev–Trinajstić information content (AvgIpc) is 2.97. The number of hydrogen-bond donors (Lipinski definition) is 2. The molecule has 2 rings (SSSR count). The minimum atomic E-state index is -0.435. The zero-order chi connectivity index (χ0) is 14.4. The molecule has 0 aliphatic rings. The smallest absolute Gasteiger partial charge is 0.222 e. The van der Waals surface area contributed by atoms with Crippen LogP contribution in [0.1, 0.15) is 18.0 Å². The zero-order valence-electron chi connectivity index (χ0n) is 10.7. The van der Waals surface area contributed by atoms with E-state index >= 15 is 0 Å². The maximum absolute atomic E-state index is 11.8. The summed E-state index contributed by atoms with van der Waals surface area (Å²) in [5.41, 5.74) is 0.811. The fourth-order valence-corrected chi connectivity index (χ4v) is 1.89. The number of aliphatic hydroxyl groups excluding tert-OH is 1. The summed E-state index contributed by atoms with van der Waals surface area (Å²) < 4.78 is 1.58. The minimum absolute atomic E-state index is 0.158. The second-order valence-corrected chi connectivity index (χ2v) is 4.70. The SMILES string of the molecule is O=C(CCn1cncn1)NC(CO)c1ccc(Cl)cc1. The van der Waals surface area contributed by atoms with Crippen LogP contribution in [0, 0.1) is 0 Å². The van der Waals surface area contributed by atoms with Crippen molar-refractivity contribution in [3.63, 3.8) is 0 Å². The monoisotopic (exact) mass is 294 g/mol. The molecule has 0 saturated heterocycles.